The number of carbonyl (C=O) groups excluding carboxylic acids is 1. The van der Waals surface area contributed by atoms with Gasteiger partial charge in [-0.1, -0.05) is 25.1 Å². The molecule has 3 atom stereocenters. The molecule has 1 aliphatic heterocycles. The van der Waals surface area contributed by atoms with Crippen molar-refractivity contribution in [1.29, 1.82) is 0 Å². The van der Waals surface area contributed by atoms with Crippen molar-refractivity contribution in [3.63, 3.8) is 0 Å². The predicted molar refractivity (Wildman–Crippen MR) is 72.6 cm³/mol. The number of nitrogens with one attached hydrogen (secondary N) is 2. The second-order valence-corrected chi connectivity index (χ2v) is 5.65. The first-order valence-electron chi connectivity index (χ1n) is 6.83. The maximum atomic E-state index is 11.9. The van der Waals surface area contributed by atoms with Gasteiger partial charge in [0.1, 0.15) is 0 Å². The molecule has 0 bridgehead atoms. The van der Waals surface area contributed by atoms with Crippen LogP contribution in [0.3, 0.4) is 0 Å². The van der Waals surface area contributed by atoms with Gasteiger partial charge in [-0.3, -0.25) is 4.79 Å². The first-order chi connectivity index (χ1) is 8.74. The lowest BCUT2D eigenvalue weighted by Gasteiger charge is -2.10. The summed E-state index contributed by atoms with van der Waals surface area (Å²) in [6.45, 7) is 3.99. The fraction of sp³-hybridized carbons (Fsp3) is 0.533. The maximum absolute atomic E-state index is 11.9. The molecule has 0 radical (unpaired) electrons. The summed E-state index contributed by atoms with van der Waals surface area (Å²) in [7, 11) is 0. The van der Waals surface area contributed by atoms with E-state index in [1.807, 2.05) is 12.1 Å². The molecule has 18 heavy (non-hydrogen) atoms. The van der Waals surface area contributed by atoms with Crippen LogP contribution in [0.15, 0.2) is 24.3 Å². The molecule has 1 heterocycles. The minimum absolute atomic E-state index is 0.192. The van der Waals surface area contributed by atoms with E-state index in [-0.39, 0.29) is 5.91 Å². The van der Waals surface area contributed by atoms with Crippen LogP contribution in [0.25, 0.3) is 0 Å². The van der Waals surface area contributed by atoms with E-state index in [9.17, 15) is 4.79 Å². The van der Waals surface area contributed by atoms with Crippen molar-refractivity contribution in [3.8, 4) is 0 Å². The highest BCUT2D eigenvalue weighted by Gasteiger charge is 2.32. The summed E-state index contributed by atoms with van der Waals surface area (Å²) in [4.78, 5) is 11.9. The van der Waals surface area contributed by atoms with E-state index in [0.717, 1.165) is 24.9 Å². The lowest BCUT2D eigenvalue weighted by Crippen LogP contribution is -2.27. The van der Waals surface area contributed by atoms with Gasteiger partial charge >= 0.3 is 0 Å². The summed E-state index contributed by atoms with van der Waals surface area (Å²) in [5.41, 5.74) is 2.47. The van der Waals surface area contributed by atoms with E-state index >= 15 is 0 Å². The number of hydrogen-bond donors (Lipinski definition) is 2. The topological polar surface area (TPSA) is 41.1 Å². The van der Waals surface area contributed by atoms with Gasteiger partial charge in [-0.2, -0.15) is 0 Å². The summed E-state index contributed by atoms with van der Waals surface area (Å²) in [5.74, 6) is 2.05. The van der Waals surface area contributed by atoms with Crippen molar-refractivity contribution < 1.29 is 4.79 Å². The molecule has 1 amide bonds. The molecule has 96 valence electrons. The molecule has 1 aromatic rings. The van der Waals surface area contributed by atoms with Crippen LogP contribution in [0.2, 0.25) is 0 Å². The highest BCUT2D eigenvalue weighted by molar-refractivity contribution is 5.78. The van der Waals surface area contributed by atoms with Crippen molar-refractivity contribution in [2.45, 2.75) is 25.7 Å². The Labute approximate surface area is 108 Å². The summed E-state index contributed by atoms with van der Waals surface area (Å²) >= 11 is 0. The molecule has 0 aromatic heterocycles. The van der Waals surface area contributed by atoms with Gasteiger partial charge in [-0.25, -0.2) is 0 Å². The van der Waals surface area contributed by atoms with Gasteiger partial charge in [-0.05, 0) is 29.9 Å². The molecule has 1 fully saturated rings. The van der Waals surface area contributed by atoms with Gasteiger partial charge in [0.05, 0.1) is 0 Å². The highest BCUT2D eigenvalue weighted by Crippen LogP contribution is 2.37. The third kappa shape index (κ3) is 2.35. The van der Waals surface area contributed by atoms with Crippen LogP contribution in [0, 0.1) is 11.8 Å². The van der Waals surface area contributed by atoms with Gasteiger partial charge in [0.15, 0.2) is 0 Å². The average Bonchev–Trinajstić information content (AvgIpc) is 2.93. The van der Waals surface area contributed by atoms with Crippen molar-refractivity contribution in [2.75, 3.05) is 18.4 Å². The van der Waals surface area contributed by atoms with E-state index in [0.29, 0.717) is 12.3 Å². The third-order valence-corrected chi connectivity index (χ3v) is 4.21. The zero-order valence-corrected chi connectivity index (χ0v) is 10.8. The highest BCUT2D eigenvalue weighted by atomic mass is 16.1. The summed E-state index contributed by atoms with van der Waals surface area (Å²) in [6.07, 6.45) is 1.87. The quantitative estimate of drug-likeness (QED) is 0.853. The van der Waals surface area contributed by atoms with Crippen LogP contribution in [0.4, 0.5) is 5.69 Å². The normalized spacial score (nSPS) is 28.4. The number of anilines is 1. The van der Waals surface area contributed by atoms with Crippen molar-refractivity contribution in [3.05, 3.63) is 29.8 Å². The number of para-hydroxylation sites is 1. The Balaban J connectivity index is 1.52. The van der Waals surface area contributed by atoms with Crippen LogP contribution < -0.4 is 10.6 Å². The minimum atomic E-state index is 0.192. The summed E-state index contributed by atoms with van der Waals surface area (Å²) < 4.78 is 0. The predicted octanol–water partition coefficient (Wildman–Crippen LogP) is 2.36. The van der Waals surface area contributed by atoms with E-state index in [1.165, 1.54) is 17.7 Å². The number of carbonyl (C=O) groups is 1. The summed E-state index contributed by atoms with van der Waals surface area (Å²) in [6, 6.07) is 8.28. The molecule has 3 rings (SSSR count). The Morgan fingerprint density at radius 2 is 2.22 bits per heavy atom. The number of amides is 1. The molecule has 3 heteroatoms. The smallest absolute Gasteiger partial charge is 0.220 e. The Hall–Kier alpha value is -1.51. The van der Waals surface area contributed by atoms with Gasteiger partial charge < -0.3 is 10.6 Å². The van der Waals surface area contributed by atoms with Gasteiger partial charge in [0, 0.05) is 31.1 Å². The van der Waals surface area contributed by atoms with Crippen LogP contribution in [0.5, 0.6) is 0 Å². The fourth-order valence-corrected chi connectivity index (χ4v) is 2.76. The van der Waals surface area contributed by atoms with Gasteiger partial charge in [-0.15, -0.1) is 0 Å². The molecule has 0 saturated heterocycles. The number of benzene rings is 1. The molecule has 1 saturated carbocycles. The molecule has 2 N–H and O–H groups in total. The van der Waals surface area contributed by atoms with Crippen LogP contribution in [-0.4, -0.2) is 19.0 Å². The van der Waals surface area contributed by atoms with Crippen LogP contribution >= 0.6 is 0 Å². The zero-order chi connectivity index (χ0) is 12.5. The van der Waals surface area contributed by atoms with Gasteiger partial charge in [0.25, 0.3) is 0 Å². The second-order valence-electron chi connectivity index (χ2n) is 5.65. The minimum Gasteiger partial charge on any atom is -0.384 e. The third-order valence-electron chi connectivity index (χ3n) is 4.21. The number of rotatable bonds is 4. The zero-order valence-electron chi connectivity index (χ0n) is 10.8. The molecule has 0 spiro atoms. The Morgan fingerprint density at radius 3 is 3.00 bits per heavy atom. The summed E-state index contributed by atoms with van der Waals surface area (Å²) in [5, 5.41) is 6.43. The van der Waals surface area contributed by atoms with Crippen LogP contribution in [-0.2, 0) is 4.79 Å². The van der Waals surface area contributed by atoms with E-state index < -0.39 is 0 Å². The van der Waals surface area contributed by atoms with Crippen molar-refractivity contribution in [2.24, 2.45) is 11.8 Å². The standard InChI is InChI=1S/C15H20N2O/c1-10-6-11(10)8-17-15(18)7-12-9-16-14-5-3-2-4-13(12)14/h2-5,10-12,16H,6-9H2,1H3,(H,17,18). The fourth-order valence-electron chi connectivity index (χ4n) is 2.76. The van der Waals surface area contributed by atoms with E-state index in [2.05, 4.69) is 29.7 Å². The number of fused-ring (bicyclic) bond motifs is 1. The van der Waals surface area contributed by atoms with Crippen molar-refractivity contribution in [1.82, 2.24) is 5.32 Å². The average molecular weight is 244 g/mol. The molecule has 2 aliphatic rings. The molecule has 1 aliphatic carbocycles. The first-order valence-corrected chi connectivity index (χ1v) is 6.83. The first kappa shape index (κ1) is 11.6. The monoisotopic (exact) mass is 244 g/mol. The Bertz CT molecular complexity index is 458. The molecule has 1 aromatic carbocycles. The number of hydrogen-bond acceptors (Lipinski definition) is 2. The SMILES string of the molecule is CC1CC1CNC(=O)CC1CNc2ccccc21. The van der Waals surface area contributed by atoms with Crippen LogP contribution in [0.1, 0.15) is 31.2 Å². The van der Waals surface area contributed by atoms with E-state index in [4.69, 9.17) is 0 Å². The second kappa shape index (κ2) is 4.63. The molecule has 3 nitrogen and oxygen atoms in total. The van der Waals surface area contributed by atoms with Crippen molar-refractivity contribution >= 4 is 11.6 Å². The van der Waals surface area contributed by atoms with Gasteiger partial charge in [0.2, 0.25) is 5.91 Å². The van der Waals surface area contributed by atoms with E-state index in [1.54, 1.807) is 0 Å². The lowest BCUT2D eigenvalue weighted by atomic mass is 9.97. The Morgan fingerprint density at radius 1 is 1.44 bits per heavy atom. The molecular weight excluding hydrogens is 224 g/mol. The maximum Gasteiger partial charge on any atom is 0.220 e. The molecule has 3 unspecified atom stereocenters. The lowest BCUT2D eigenvalue weighted by molar-refractivity contribution is -0.121. The molecular formula is C15H20N2O. The largest absolute Gasteiger partial charge is 0.384 e. The Kier molecular flexibility index (Phi) is 2.98.